The largest absolute Gasteiger partial charge is 0.360 e. The Morgan fingerprint density at radius 2 is 1.75 bits per heavy atom. The first-order valence-corrected chi connectivity index (χ1v) is 12.1. The maximum absolute atomic E-state index is 13.0. The van der Waals surface area contributed by atoms with Crippen LogP contribution in [0.1, 0.15) is 17.0 Å². The molecule has 9 heteroatoms. The van der Waals surface area contributed by atoms with Gasteiger partial charge in [-0.15, -0.1) is 0 Å². The summed E-state index contributed by atoms with van der Waals surface area (Å²) in [5.41, 5.74) is 1.51. The number of fused-ring (bicyclic) bond motifs is 1. The molecular formula is C23H28N4O4S. The van der Waals surface area contributed by atoms with Crippen LogP contribution in [0, 0.1) is 13.8 Å². The molecule has 170 valence electrons. The van der Waals surface area contributed by atoms with E-state index in [1.807, 2.05) is 24.1 Å². The predicted molar refractivity (Wildman–Crippen MR) is 122 cm³/mol. The average Bonchev–Trinajstić information content (AvgIpc) is 3.12. The van der Waals surface area contributed by atoms with E-state index in [0.29, 0.717) is 25.3 Å². The Morgan fingerprint density at radius 1 is 1.06 bits per heavy atom. The summed E-state index contributed by atoms with van der Waals surface area (Å²) in [6, 6.07) is 14.5. The van der Waals surface area contributed by atoms with Crippen LogP contribution in [0.15, 0.2) is 51.9 Å². The molecule has 0 bridgehead atoms. The molecule has 0 N–H and O–H groups in total. The van der Waals surface area contributed by atoms with E-state index in [1.54, 1.807) is 18.7 Å². The molecule has 1 aliphatic rings. The Hall–Kier alpha value is -2.75. The van der Waals surface area contributed by atoms with Gasteiger partial charge in [0.15, 0.2) is 5.76 Å². The van der Waals surface area contributed by atoms with Crippen molar-refractivity contribution >= 4 is 26.7 Å². The van der Waals surface area contributed by atoms with Crippen molar-refractivity contribution in [1.82, 2.24) is 19.3 Å². The predicted octanol–water partition coefficient (Wildman–Crippen LogP) is 2.41. The fourth-order valence-electron chi connectivity index (χ4n) is 4.19. The molecule has 2 heterocycles. The fourth-order valence-corrected chi connectivity index (χ4v) is 5.90. The zero-order valence-corrected chi connectivity index (χ0v) is 19.4. The van der Waals surface area contributed by atoms with E-state index in [0.717, 1.165) is 5.56 Å². The lowest BCUT2D eigenvalue weighted by Crippen LogP contribution is -2.52. The van der Waals surface area contributed by atoms with E-state index < -0.39 is 10.0 Å². The van der Waals surface area contributed by atoms with Crippen molar-refractivity contribution in [2.24, 2.45) is 0 Å². The zero-order chi connectivity index (χ0) is 22.9. The van der Waals surface area contributed by atoms with Gasteiger partial charge in [0, 0.05) is 32.7 Å². The lowest BCUT2D eigenvalue weighted by molar-refractivity contribution is -0.133. The quantitative estimate of drug-likeness (QED) is 0.566. The normalized spacial score (nSPS) is 15.6. The number of piperazine rings is 1. The molecule has 0 unspecified atom stereocenters. The Kier molecular flexibility index (Phi) is 6.32. The molecule has 4 rings (SSSR count). The topological polar surface area (TPSA) is 87.0 Å². The number of aromatic nitrogens is 1. The van der Waals surface area contributed by atoms with Gasteiger partial charge in [0.2, 0.25) is 15.9 Å². The van der Waals surface area contributed by atoms with Crippen molar-refractivity contribution in [2.75, 3.05) is 39.8 Å². The molecule has 0 spiro atoms. The minimum Gasteiger partial charge on any atom is -0.360 e. The summed E-state index contributed by atoms with van der Waals surface area (Å²) in [4.78, 5) is 16.6. The number of carbonyl (C=O) groups excluding carboxylic acids is 1. The molecule has 1 aliphatic heterocycles. The highest BCUT2D eigenvalue weighted by Gasteiger charge is 2.34. The maximum atomic E-state index is 13.0. The number of aryl methyl sites for hydroxylation is 2. The number of likely N-dealkylation sites (N-methyl/N-ethyl adjacent to an activating group) is 1. The lowest BCUT2D eigenvalue weighted by atomic mass is 10.1. The van der Waals surface area contributed by atoms with Gasteiger partial charge in [-0.05, 0) is 43.3 Å². The van der Waals surface area contributed by atoms with Gasteiger partial charge >= 0.3 is 0 Å². The number of nitrogens with zero attached hydrogens (tertiary/aromatic N) is 4. The summed E-state index contributed by atoms with van der Waals surface area (Å²) < 4.78 is 32.3. The third-order valence-electron chi connectivity index (χ3n) is 5.83. The summed E-state index contributed by atoms with van der Waals surface area (Å²) in [6.45, 7) is 5.41. The van der Waals surface area contributed by atoms with E-state index in [1.165, 1.54) is 15.1 Å². The smallest absolute Gasteiger partial charge is 0.248 e. The van der Waals surface area contributed by atoms with Gasteiger partial charge < -0.3 is 9.42 Å². The Balaban J connectivity index is 1.33. The number of hydrogen-bond acceptors (Lipinski definition) is 6. The second kappa shape index (κ2) is 9.01. The first kappa shape index (κ1) is 22.4. The molecule has 0 atom stereocenters. The molecule has 1 amide bonds. The van der Waals surface area contributed by atoms with Crippen LogP contribution in [-0.2, 0) is 21.4 Å². The monoisotopic (exact) mass is 456 g/mol. The van der Waals surface area contributed by atoms with Crippen LogP contribution in [0.3, 0.4) is 0 Å². The van der Waals surface area contributed by atoms with Gasteiger partial charge in [0.05, 0.1) is 6.54 Å². The molecular weight excluding hydrogens is 428 g/mol. The lowest BCUT2D eigenvalue weighted by Gasteiger charge is -2.34. The van der Waals surface area contributed by atoms with Gasteiger partial charge in [-0.25, -0.2) is 8.42 Å². The summed E-state index contributed by atoms with van der Waals surface area (Å²) in [7, 11) is -1.76. The number of carbonyl (C=O) groups is 1. The molecule has 0 saturated carbocycles. The van der Waals surface area contributed by atoms with Crippen molar-refractivity contribution in [3.05, 3.63) is 59.5 Å². The number of sulfonamides is 1. The Bertz CT molecular complexity index is 1210. The van der Waals surface area contributed by atoms with Crippen LogP contribution in [0.4, 0.5) is 0 Å². The van der Waals surface area contributed by atoms with E-state index in [9.17, 15) is 13.2 Å². The number of rotatable bonds is 6. The second-order valence-corrected chi connectivity index (χ2v) is 10.2. The fraction of sp³-hybridized carbons (Fsp3) is 0.391. The molecule has 1 saturated heterocycles. The Morgan fingerprint density at radius 3 is 2.41 bits per heavy atom. The van der Waals surface area contributed by atoms with Gasteiger partial charge in [-0.2, -0.15) is 4.31 Å². The van der Waals surface area contributed by atoms with Gasteiger partial charge in [-0.1, -0.05) is 41.6 Å². The highest BCUT2D eigenvalue weighted by atomic mass is 32.2. The molecule has 1 aromatic heterocycles. The van der Waals surface area contributed by atoms with Crippen molar-refractivity contribution in [3.63, 3.8) is 0 Å². The van der Waals surface area contributed by atoms with Crippen molar-refractivity contribution in [1.29, 1.82) is 0 Å². The van der Waals surface area contributed by atoms with Gasteiger partial charge in [-0.3, -0.25) is 9.69 Å². The average molecular weight is 457 g/mol. The van der Waals surface area contributed by atoms with Crippen LogP contribution >= 0.6 is 0 Å². The first-order chi connectivity index (χ1) is 15.3. The second-order valence-electron chi connectivity index (χ2n) is 8.29. The van der Waals surface area contributed by atoms with Crippen LogP contribution in [-0.4, -0.2) is 73.4 Å². The summed E-state index contributed by atoms with van der Waals surface area (Å²) >= 11 is 0. The molecule has 8 nitrogen and oxygen atoms in total. The molecule has 32 heavy (non-hydrogen) atoms. The zero-order valence-electron chi connectivity index (χ0n) is 18.6. The molecule has 2 aromatic carbocycles. The SMILES string of the molecule is Cc1noc(C)c1S(=O)(=O)N1CCN(C(=O)CN(C)Cc2ccc3ccccc3c2)CC1. The standard InChI is InChI=1S/C23H28N4O4S/c1-17-23(18(2)31-24-17)32(29,30)27-12-10-26(11-13-27)22(28)16-25(3)15-19-8-9-20-6-4-5-7-21(20)14-19/h4-9,14H,10-13,15-16H2,1-3H3. The Labute approximate surface area is 188 Å². The van der Waals surface area contributed by atoms with Crippen LogP contribution in [0.5, 0.6) is 0 Å². The van der Waals surface area contributed by atoms with Crippen molar-refractivity contribution in [2.45, 2.75) is 25.3 Å². The van der Waals surface area contributed by atoms with Crippen LogP contribution < -0.4 is 0 Å². The van der Waals surface area contributed by atoms with E-state index >= 15 is 0 Å². The first-order valence-electron chi connectivity index (χ1n) is 10.6. The maximum Gasteiger partial charge on any atom is 0.248 e. The van der Waals surface area contributed by atoms with Crippen LogP contribution in [0.25, 0.3) is 10.8 Å². The number of benzene rings is 2. The summed E-state index contributed by atoms with van der Waals surface area (Å²) in [5, 5.41) is 6.13. The van der Waals surface area contributed by atoms with Crippen molar-refractivity contribution in [3.8, 4) is 0 Å². The summed E-state index contributed by atoms with van der Waals surface area (Å²) in [6.07, 6.45) is 0. The third-order valence-corrected chi connectivity index (χ3v) is 7.97. The highest BCUT2D eigenvalue weighted by molar-refractivity contribution is 7.89. The number of amides is 1. The number of hydrogen-bond donors (Lipinski definition) is 0. The summed E-state index contributed by atoms with van der Waals surface area (Å²) in [5.74, 6) is 0.291. The highest BCUT2D eigenvalue weighted by Crippen LogP contribution is 2.24. The molecule has 0 radical (unpaired) electrons. The third kappa shape index (κ3) is 4.55. The minimum atomic E-state index is -3.68. The molecule has 1 fully saturated rings. The van der Waals surface area contributed by atoms with Crippen LogP contribution in [0.2, 0.25) is 0 Å². The van der Waals surface area contributed by atoms with E-state index in [-0.39, 0.29) is 36.2 Å². The minimum absolute atomic E-state index is 0.00248. The van der Waals surface area contributed by atoms with E-state index in [4.69, 9.17) is 4.52 Å². The van der Waals surface area contributed by atoms with Gasteiger partial charge in [0.1, 0.15) is 10.6 Å². The van der Waals surface area contributed by atoms with E-state index in [2.05, 4.69) is 35.5 Å². The molecule has 0 aliphatic carbocycles. The van der Waals surface area contributed by atoms with Gasteiger partial charge in [0.25, 0.3) is 0 Å². The molecule has 3 aromatic rings. The van der Waals surface area contributed by atoms with Crippen molar-refractivity contribution < 1.29 is 17.7 Å².